The molecular formula is C26H26FN5O. The Morgan fingerprint density at radius 2 is 1.58 bits per heavy atom. The summed E-state index contributed by atoms with van der Waals surface area (Å²) in [5.74, 6) is -0.538. The minimum atomic E-state index is -0.295. The number of benzene rings is 2. The highest BCUT2D eigenvalue weighted by Crippen LogP contribution is 2.28. The van der Waals surface area contributed by atoms with Crippen LogP contribution in [0.3, 0.4) is 0 Å². The van der Waals surface area contributed by atoms with Gasteiger partial charge in [0.1, 0.15) is 5.82 Å². The highest BCUT2D eigenvalue weighted by Gasteiger charge is 2.26. The molecule has 0 saturated heterocycles. The van der Waals surface area contributed by atoms with Crippen LogP contribution in [0.2, 0.25) is 0 Å². The smallest absolute Gasteiger partial charge is 0.276 e. The zero-order chi connectivity index (χ0) is 22.9. The lowest BCUT2D eigenvalue weighted by Gasteiger charge is -2.07. The molecule has 0 atom stereocenters. The summed E-state index contributed by atoms with van der Waals surface area (Å²) in [6.07, 6.45) is 4.83. The first kappa shape index (κ1) is 21.1. The lowest BCUT2D eigenvalue weighted by Crippen LogP contribution is -2.16. The van der Waals surface area contributed by atoms with E-state index in [0.29, 0.717) is 11.4 Å². The van der Waals surface area contributed by atoms with Gasteiger partial charge >= 0.3 is 0 Å². The summed E-state index contributed by atoms with van der Waals surface area (Å²) in [6.45, 7) is 3.83. The molecule has 2 aromatic carbocycles. The van der Waals surface area contributed by atoms with Gasteiger partial charge in [-0.2, -0.15) is 10.2 Å². The summed E-state index contributed by atoms with van der Waals surface area (Å²) in [5, 5.41) is 12.4. The number of halogens is 1. The maximum atomic E-state index is 13.5. The van der Waals surface area contributed by atoms with E-state index in [2.05, 4.69) is 10.4 Å². The van der Waals surface area contributed by atoms with Gasteiger partial charge in [0.2, 0.25) is 0 Å². The summed E-state index contributed by atoms with van der Waals surface area (Å²) < 4.78 is 17.1. The number of nitrogens with zero attached hydrogens (tertiary/aromatic N) is 4. The van der Waals surface area contributed by atoms with Crippen molar-refractivity contribution in [2.75, 3.05) is 5.32 Å². The first-order valence-corrected chi connectivity index (χ1v) is 11.3. The number of fused-ring (bicyclic) bond motifs is 1. The predicted octanol–water partition coefficient (Wildman–Crippen LogP) is 5.34. The van der Waals surface area contributed by atoms with Crippen molar-refractivity contribution >= 4 is 11.6 Å². The number of amides is 1. The van der Waals surface area contributed by atoms with Crippen LogP contribution >= 0.6 is 0 Å². The van der Waals surface area contributed by atoms with E-state index < -0.39 is 0 Å². The molecule has 7 heteroatoms. The second-order valence-corrected chi connectivity index (χ2v) is 8.47. The standard InChI is InChI=1S/C26H26FN5O/c1-17-24(18(2)31(29-17)20-9-5-3-6-10-20)28-26(33)25-22-11-7-4-8-12-23(22)32(30-25)21-15-13-19(27)14-16-21/h3,5-6,9-10,13-16H,4,7-8,11-12H2,1-2H3,(H,28,33). The lowest BCUT2D eigenvalue weighted by molar-refractivity contribution is 0.102. The van der Waals surface area contributed by atoms with Gasteiger partial charge in [-0.25, -0.2) is 13.8 Å². The quantitative estimate of drug-likeness (QED) is 0.433. The van der Waals surface area contributed by atoms with Crippen molar-refractivity contribution in [3.63, 3.8) is 0 Å². The van der Waals surface area contributed by atoms with Gasteiger partial charge in [-0.05, 0) is 75.9 Å². The van der Waals surface area contributed by atoms with Crippen molar-refractivity contribution in [3.8, 4) is 11.4 Å². The van der Waals surface area contributed by atoms with Crippen LogP contribution in [0.25, 0.3) is 11.4 Å². The van der Waals surface area contributed by atoms with Crippen LogP contribution in [0.15, 0.2) is 54.6 Å². The van der Waals surface area contributed by atoms with Gasteiger partial charge in [0.25, 0.3) is 5.91 Å². The second kappa shape index (κ2) is 8.65. The van der Waals surface area contributed by atoms with E-state index in [1.54, 1.807) is 12.1 Å². The first-order valence-electron chi connectivity index (χ1n) is 11.3. The molecular weight excluding hydrogens is 417 g/mol. The summed E-state index contributed by atoms with van der Waals surface area (Å²) >= 11 is 0. The SMILES string of the molecule is Cc1nn(-c2ccccc2)c(C)c1NC(=O)c1nn(-c2ccc(F)cc2)c2c1CCCCC2. The number of carbonyl (C=O) groups excluding carboxylic acids is 1. The van der Waals surface area contributed by atoms with E-state index in [1.165, 1.54) is 12.1 Å². The topological polar surface area (TPSA) is 64.7 Å². The van der Waals surface area contributed by atoms with E-state index in [0.717, 1.165) is 66.1 Å². The molecule has 0 fully saturated rings. The summed E-state index contributed by atoms with van der Waals surface area (Å²) in [6, 6.07) is 16.1. The molecule has 2 aromatic heterocycles. The minimum Gasteiger partial charge on any atom is -0.317 e. The number of aromatic nitrogens is 4. The van der Waals surface area contributed by atoms with Crippen LogP contribution in [0, 0.1) is 19.7 Å². The average Bonchev–Trinajstić information content (AvgIpc) is 3.20. The van der Waals surface area contributed by atoms with Crippen LogP contribution in [-0.4, -0.2) is 25.5 Å². The molecule has 5 rings (SSSR count). The molecule has 168 valence electrons. The van der Waals surface area contributed by atoms with E-state index in [1.807, 2.05) is 53.5 Å². The van der Waals surface area contributed by atoms with E-state index in [-0.39, 0.29) is 11.7 Å². The van der Waals surface area contributed by atoms with Gasteiger partial charge in [-0.1, -0.05) is 24.6 Å². The fraction of sp³-hybridized carbons (Fsp3) is 0.269. The molecule has 0 radical (unpaired) electrons. The third-order valence-corrected chi connectivity index (χ3v) is 6.25. The molecule has 0 saturated carbocycles. The van der Waals surface area contributed by atoms with Crippen LogP contribution in [0.4, 0.5) is 10.1 Å². The molecule has 0 spiro atoms. The molecule has 6 nitrogen and oxygen atoms in total. The summed E-state index contributed by atoms with van der Waals surface area (Å²) in [4.78, 5) is 13.5. The average molecular weight is 444 g/mol. The number of hydrogen-bond acceptors (Lipinski definition) is 3. The number of para-hydroxylation sites is 1. The Bertz CT molecular complexity index is 1300. The summed E-state index contributed by atoms with van der Waals surface area (Å²) in [7, 11) is 0. The van der Waals surface area contributed by atoms with Crippen LogP contribution in [0.5, 0.6) is 0 Å². The monoisotopic (exact) mass is 443 g/mol. The Balaban J connectivity index is 1.52. The van der Waals surface area contributed by atoms with E-state index in [9.17, 15) is 9.18 Å². The molecule has 1 N–H and O–H groups in total. The van der Waals surface area contributed by atoms with Crippen LogP contribution in [-0.2, 0) is 12.8 Å². The Labute approximate surface area is 192 Å². The first-order chi connectivity index (χ1) is 16.0. The van der Waals surface area contributed by atoms with Crippen molar-refractivity contribution in [1.29, 1.82) is 0 Å². The molecule has 33 heavy (non-hydrogen) atoms. The maximum Gasteiger partial charge on any atom is 0.276 e. The number of rotatable bonds is 4. The zero-order valence-corrected chi connectivity index (χ0v) is 18.8. The molecule has 2 heterocycles. The largest absolute Gasteiger partial charge is 0.317 e. The molecule has 1 aliphatic carbocycles. The number of aryl methyl sites for hydroxylation is 1. The number of anilines is 1. The Kier molecular flexibility index (Phi) is 5.54. The fourth-order valence-electron chi connectivity index (χ4n) is 4.57. The van der Waals surface area contributed by atoms with E-state index in [4.69, 9.17) is 5.10 Å². The lowest BCUT2D eigenvalue weighted by atomic mass is 10.1. The highest BCUT2D eigenvalue weighted by atomic mass is 19.1. The van der Waals surface area contributed by atoms with Gasteiger partial charge < -0.3 is 5.32 Å². The molecule has 0 bridgehead atoms. The van der Waals surface area contributed by atoms with Gasteiger partial charge in [0, 0.05) is 11.3 Å². The van der Waals surface area contributed by atoms with E-state index >= 15 is 0 Å². The van der Waals surface area contributed by atoms with Gasteiger partial charge in [-0.3, -0.25) is 4.79 Å². The fourth-order valence-corrected chi connectivity index (χ4v) is 4.57. The Hall–Kier alpha value is -3.74. The summed E-state index contributed by atoms with van der Waals surface area (Å²) in [5.41, 5.74) is 6.46. The van der Waals surface area contributed by atoms with Crippen molar-refractivity contribution in [1.82, 2.24) is 19.6 Å². The van der Waals surface area contributed by atoms with Crippen molar-refractivity contribution in [2.24, 2.45) is 0 Å². The Morgan fingerprint density at radius 3 is 2.33 bits per heavy atom. The molecule has 1 amide bonds. The molecule has 4 aromatic rings. The van der Waals surface area contributed by atoms with Crippen molar-refractivity contribution in [3.05, 3.63) is 88.8 Å². The van der Waals surface area contributed by atoms with Crippen LogP contribution < -0.4 is 5.32 Å². The molecule has 0 aliphatic heterocycles. The zero-order valence-electron chi connectivity index (χ0n) is 18.8. The molecule has 1 aliphatic rings. The third-order valence-electron chi connectivity index (χ3n) is 6.25. The number of hydrogen-bond donors (Lipinski definition) is 1. The normalized spacial score (nSPS) is 13.4. The molecule has 0 unspecified atom stereocenters. The number of nitrogens with one attached hydrogen (secondary N) is 1. The maximum absolute atomic E-state index is 13.5. The predicted molar refractivity (Wildman–Crippen MR) is 126 cm³/mol. The van der Waals surface area contributed by atoms with Crippen LogP contribution in [0.1, 0.15) is 52.4 Å². The second-order valence-electron chi connectivity index (χ2n) is 8.47. The number of carbonyl (C=O) groups is 1. The van der Waals surface area contributed by atoms with Gasteiger partial charge in [-0.15, -0.1) is 0 Å². The highest BCUT2D eigenvalue weighted by molar-refractivity contribution is 6.04. The minimum absolute atomic E-state index is 0.243. The third kappa shape index (κ3) is 3.95. The van der Waals surface area contributed by atoms with Crippen molar-refractivity contribution < 1.29 is 9.18 Å². The van der Waals surface area contributed by atoms with Gasteiger partial charge in [0.05, 0.1) is 28.5 Å². The Morgan fingerprint density at radius 1 is 0.879 bits per heavy atom. The van der Waals surface area contributed by atoms with Crippen molar-refractivity contribution in [2.45, 2.75) is 46.0 Å². The van der Waals surface area contributed by atoms with Gasteiger partial charge in [0.15, 0.2) is 5.69 Å².